The van der Waals surface area contributed by atoms with Crippen LogP contribution in [0.15, 0.2) is 12.1 Å². The molecule has 2 bridgehead atoms. The molecule has 4 aliphatic rings. The number of benzene rings is 1. The maximum absolute atomic E-state index is 14.6. The lowest BCUT2D eigenvalue weighted by molar-refractivity contribution is -0.199. The SMILES string of the molecule is COc1c(CB2OC3C[C@@H]4C[C@@H](C4(C)C)[C@]3(C)O2)ccc(F)c1C(=O)OC(C)(C)C. The standard InChI is InChI=1S/C23H32BFO5/c1-21(2,3)28-20(26)18-15(25)9-8-13(19(18)27-7)12-24-29-17-11-14-10-16(22(14,4)5)23(17,6)30-24/h8-9,14,16-17H,10-12H2,1-7H3/t14-,16-,17?,23-/m0/s1. The highest BCUT2D eigenvalue weighted by Gasteiger charge is 2.67. The van der Waals surface area contributed by atoms with E-state index in [1.54, 1.807) is 26.8 Å². The second-order valence-corrected chi connectivity index (χ2v) is 10.7. The molecule has 164 valence electrons. The Balaban J connectivity index is 1.57. The number of halogens is 1. The van der Waals surface area contributed by atoms with Gasteiger partial charge in [-0.25, -0.2) is 9.18 Å². The zero-order chi connectivity index (χ0) is 22.1. The number of carbonyl (C=O) groups excluding carboxylic acids is 1. The van der Waals surface area contributed by atoms with Crippen LogP contribution in [0, 0.1) is 23.1 Å². The zero-order valence-corrected chi connectivity index (χ0v) is 19.0. The third kappa shape index (κ3) is 3.34. The average Bonchev–Trinajstić information content (AvgIpc) is 2.96. The van der Waals surface area contributed by atoms with Gasteiger partial charge >= 0.3 is 13.1 Å². The van der Waals surface area contributed by atoms with Gasteiger partial charge in [-0.05, 0) is 69.4 Å². The van der Waals surface area contributed by atoms with Gasteiger partial charge in [-0.15, -0.1) is 0 Å². The molecule has 1 aliphatic heterocycles. The van der Waals surface area contributed by atoms with Crippen molar-refractivity contribution in [3.05, 3.63) is 29.1 Å². The van der Waals surface area contributed by atoms with E-state index in [-0.39, 0.29) is 28.4 Å². The van der Waals surface area contributed by atoms with Gasteiger partial charge in [0, 0.05) is 6.32 Å². The summed E-state index contributed by atoms with van der Waals surface area (Å²) in [5.74, 6) is -0.0918. The van der Waals surface area contributed by atoms with Crippen molar-refractivity contribution in [2.45, 2.75) is 78.0 Å². The molecule has 0 aromatic heterocycles. The molecule has 0 amide bonds. The third-order valence-electron chi connectivity index (χ3n) is 7.38. The van der Waals surface area contributed by atoms with Crippen molar-refractivity contribution in [1.29, 1.82) is 0 Å². The van der Waals surface area contributed by atoms with Gasteiger partial charge in [-0.1, -0.05) is 19.9 Å². The summed E-state index contributed by atoms with van der Waals surface area (Å²) in [5.41, 5.74) is -0.306. The van der Waals surface area contributed by atoms with Crippen molar-refractivity contribution in [3.8, 4) is 5.75 Å². The van der Waals surface area contributed by atoms with E-state index in [2.05, 4.69) is 20.8 Å². The van der Waals surface area contributed by atoms with Crippen molar-refractivity contribution >= 4 is 13.1 Å². The number of carbonyl (C=O) groups is 1. The van der Waals surface area contributed by atoms with Crippen LogP contribution >= 0.6 is 0 Å². The summed E-state index contributed by atoms with van der Waals surface area (Å²) in [6.07, 6.45) is 2.62. The fraction of sp³-hybridized carbons (Fsp3) is 0.696. The van der Waals surface area contributed by atoms with Gasteiger partial charge in [0.25, 0.3) is 0 Å². The lowest BCUT2D eigenvalue weighted by Gasteiger charge is -2.64. The molecule has 1 unspecified atom stereocenters. The van der Waals surface area contributed by atoms with E-state index in [0.29, 0.717) is 23.7 Å². The summed E-state index contributed by atoms with van der Waals surface area (Å²) in [4.78, 5) is 12.6. The molecular weight excluding hydrogens is 386 g/mol. The van der Waals surface area contributed by atoms with E-state index in [1.165, 1.54) is 19.6 Å². The monoisotopic (exact) mass is 418 g/mol. The molecule has 1 aromatic rings. The van der Waals surface area contributed by atoms with Gasteiger partial charge in [0.05, 0.1) is 18.8 Å². The molecule has 1 saturated heterocycles. The molecule has 5 nitrogen and oxygen atoms in total. The maximum Gasteiger partial charge on any atom is 0.462 e. The first-order chi connectivity index (χ1) is 13.9. The molecule has 30 heavy (non-hydrogen) atoms. The van der Waals surface area contributed by atoms with Crippen molar-refractivity contribution in [3.63, 3.8) is 0 Å². The minimum absolute atomic E-state index is 0.0658. The molecular formula is C23H32BFO5. The Bertz CT molecular complexity index is 864. The van der Waals surface area contributed by atoms with E-state index in [0.717, 1.165) is 6.42 Å². The van der Waals surface area contributed by atoms with Gasteiger partial charge in [0.2, 0.25) is 0 Å². The third-order valence-corrected chi connectivity index (χ3v) is 7.38. The van der Waals surface area contributed by atoms with Crippen molar-refractivity contribution in [2.24, 2.45) is 17.3 Å². The van der Waals surface area contributed by atoms with E-state index in [1.807, 2.05) is 0 Å². The number of esters is 1. The summed E-state index contributed by atoms with van der Waals surface area (Å²) in [6, 6.07) is 2.91. The van der Waals surface area contributed by atoms with Crippen LogP contribution in [0.25, 0.3) is 0 Å². The Hall–Kier alpha value is -1.60. The Morgan fingerprint density at radius 2 is 1.97 bits per heavy atom. The Morgan fingerprint density at radius 1 is 1.27 bits per heavy atom. The summed E-state index contributed by atoms with van der Waals surface area (Å²) in [5, 5.41) is 0. The minimum atomic E-state index is -0.741. The van der Waals surface area contributed by atoms with Gasteiger partial charge < -0.3 is 18.8 Å². The Labute approximate surface area is 178 Å². The van der Waals surface area contributed by atoms with Crippen LogP contribution in [0.3, 0.4) is 0 Å². The molecule has 5 rings (SSSR count). The van der Waals surface area contributed by atoms with Crippen LogP contribution in [-0.2, 0) is 20.4 Å². The summed E-state index contributed by atoms with van der Waals surface area (Å²) >= 11 is 0. The zero-order valence-electron chi connectivity index (χ0n) is 19.0. The average molecular weight is 418 g/mol. The van der Waals surface area contributed by atoms with Crippen molar-refractivity contribution in [1.82, 2.24) is 0 Å². The number of hydrogen-bond acceptors (Lipinski definition) is 5. The molecule has 1 heterocycles. The molecule has 4 fully saturated rings. The first-order valence-electron chi connectivity index (χ1n) is 10.8. The lowest BCUT2D eigenvalue weighted by Crippen LogP contribution is -2.65. The van der Waals surface area contributed by atoms with Gasteiger partial charge in [0.1, 0.15) is 22.7 Å². The van der Waals surface area contributed by atoms with E-state index in [4.69, 9.17) is 18.8 Å². The highest BCUT2D eigenvalue weighted by Crippen LogP contribution is 2.65. The van der Waals surface area contributed by atoms with Crippen LogP contribution < -0.4 is 4.74 Å². The topological polar surface area (TPSA) is 54.0 Å². The number of ether oxygens (including phenoxy) is 2. The smallest absolute Gasteiger partial charge is 0.462 e. The first kappa shape index (κ1) is 21.6. The molecule has 0 N–H and O–H groups in total. The summed E-state index contributed by atoms with van der Waals surface area (Å²) < 4.78 is 38.2. The van der Waals surface area contributed by atoms with Gasteiger partial charge in [0.15, 0.2) is 0 Å². The lowest BCUT2D eigenvalue weighted by atomic mass is 9.43. The van der Waals surface area contributed by atoms with Gasteiger partial charge in [-0.2, -0.15) is 0 Å². The highest BCUT2D eigenvalue weighted by atomic mass is 19.1. The second-order valence-electron chi connectivity index (χ2n) is 10.7. The molecule has 0 radical (unpaired) electrons. The quantitative estimate of drug-likeness (QED) is 0.529. The van der Waals surface area contributed by atoms with Crippen LogP contribution in [-0.4, -0.2) is 37.5 Å². The molecule has 3 aliphatic carbocycles. The molecule has 0 spiro atoms. The minimum Gasteiger partial charge on any atom is -0.495 e. The summed E-state index contributed by atoms with van der Waals surface area (Å²) in [7, 11) is 0.974. The largest absolute Gasteiger partial charge is 0.495 e. The normalized spacial score (nSPS) is 31.7. The van der Waals surface area contributed by atoms with Crippen LogP contribution in [0.2, 0.25) is 0 Å². The van der Waals surface area contributed by atoms with Crippen LogP contribution in [0.4, 0.5) is 4.39 Å². The van der Waals surface area contributed by atoms with E-state index in [9.17, 15) is 9.18 Å². The number of rotatable bonds is 4. The molecule has 7 heteroatoms. The van der Waals surface area contributed by atoms with Gasteiger partial charge in [-0.3, -0.25) is 0 Å². The van der Waals surface area contributed by atoms with Crippen molar-refractivity contribution < 1.29 is 28.0 Å². The van der Waals surface area contributed by atoms with Crippen LogP contribution in [0.5, 0.6) is 5.75 Å². The highest BCUT2D eigenvalue weighted by molar-refractivity contribution is 6.45. The molecule has 4 atom stereocenters. The first-order valence-corrected chi connectivity index (χ1v) is 10.8. The maximum atomic E-state index is 14.6. The number of hydrogen-bond donors (Lipinski definition) is 0. The molecule has 3 saturated carbocycles. The molecule has 1 aromatic carbocycles. The van der Waals surface area contributed by atoms with Crippen LogP contribution in [0.1, 0.15) is 70.3 Å². The van der Waals surface area contributed by atoms with E-state index >= 15 is 0 Å². The predicted octanol–water partition coefficient (Wildman–Crippen LogP) is 4.60. The number of methoxy groups -OCH3 is 1. The van der Waals surface area contributed by atoms with Crippen molar-refractivity contribution in [2.75, 3.05) is 7.11 Å². The Morgan fingerprint density at radius 3 is 2.57 bits per heavy atom. The fourth-order valence-corrected chi connectivity index (χ4v) is 5.73. The second kappa shape index (κ2) is 6.96. The van der Waals surface area contributed by atoms with E-state index < -0.39 is 24.5 Å². The summed E-state index contributed by atoms with van der Waals surface area (Å²) in [6.45, 7) is 12.0. The Kier molecular flexibility index (Phi) is 5.02. The fourth-order valence-electron chi connectivity index (χ4n) is 5.73. The predicted molar refractivity (Wildman–Crippen MR) is 112 cm³/mol.